The Hall–Kier alpha value is -1.93. The lowest BCUT2D eigenvalue weighted by Gasteiger charge is -2.34. The molecule has 1 aliphatic rings. The molecular formula is C19H20Cl3N5OS. The van der Waals surface area contributed by atoms with Crippen LogP contribution in [0.2, 0.25) is 4.34 Å². The molecule has 0 spiro atoms. The molecule has 0 bridgehead atoms. The van der Waals surface area contributed by atoms with Gasteiger partial charge in [0, 0.05) is 6.54 Å². The Kier molecular flexibility index (Phi) is 8.64. The van der Waals surface area contributed by atoms with Gasteiger partial charge in [-0.25, -0.2) is 15.0 Å². The minimum atomic E-state index is -0.0529. The van der Waals surface area contributed by atoms with Crippen LogP contribution < -0.4 is 10.2 Å². The molecule has 0 aromatic carbocycles. The summed E-state index contributed by atoms with van der Waals surface area (Å²) in [5, 5.41) is 3.98. The normalized spacial score (nSPS) is 15.8. The van der Waals surface area contributed by atoms with E-state index in [0.29, 0.717) is 16.0 Å². The highest BCUT2D eigenvalue weighted by molar-refractivity contribution is 7.18. The summed E-state index contributed by atoms with van der Waals surface area (Å²) >= 11 is 7.35. The van der Waals surface area contributed by atoms with Crippen molar-refractivity contribution in [1.82, 2.24) is 15.0 Å². The average Bonchev–Trinajstić information content (AvgIpc) is 3.15. The number of carbonyl (C=O) groups excluding carboxylic acids is 1. The van der Waals surface area contributed by atoms with E-state index in [-0.39, 0.29) is 30.9 Å². The van der Waals surface area contributed by atoms with Crippen LogP contribution in [0.15, 0.2) is 42.7 Å². The lowest BCUT2D eigenvalue weighted by molar-refractivity contribution is -0.109. The molecule has 3 aromatic rings. The first-order chi connectivity index (χ1) is 13.2. The van der Waals surface area contributed by atoms with Gasteiger partial charge in [-0.05, 0) is 43.5 Å². The molecule has 1 N–H and O–H groups in total. The largest absolute Gasteiger partial charge is 0.361 e. The van der Waals surface area contributed by atoms with Crippen molar-refractivity contribution in [2.75, 3.05) is 16.8 Å². The van der Waals surface area contributed by atoms with Crippen LogP contribution in [0, 0.1) is 0 Å². The number of halogens is 3. The number of hydrogen-bond acceptors (Lipinski definition) is 7. The SMILES string of the molecule is Cl.Cl.O=CC1CCCCN1c1ccc(Nc2cccc(-c3ncc(Cl)s3)n2)nc1. The first-order valence-electron chi connectivity index (χ1n) is 8.77. The molecule has 1 fully saturated rings. The number of piperidine rings is 1. The van der Waals surface area contributed by atoms with E-state index < -0.39 is 0 Å². The van der Waals surface area contributed by atoms with Crippen molar-refractivity contribution < 1.29 is 4.79 Å². The smallest absolute Gasteiger partial charge is 0.143 e. The number of pyridine rings is 2. The third-order valence-corrected chi connectivity index (χ3v) is 5.63. The molecule has 0 aliphatic carbocycles. The number of thiazole rings is 1. The lowest BCUT2D eigenvalue weighted by Crippen LogP contribution is -2.40. The maximum atomic E-state index is 11.3. The third-order valence-electron chi connectivity index (χ3n) is 4.49. The first-order valence-corrected chi connectivity index (χ1v) is 9.96. The number of aromatic nitrogens is 3. The molecule has 1 saturated heterocycles. The minimum Gasteiger partial charge on any atom is -0.361 e. The molecule has 154 valence electrons. The molecule has 4 rings (SSSR count). The van der Waals surface area contributed by atoms with Crippen molar-refractivity contribution in [2.45, 2.75) is 25.3 Å². The van der Waals surface area contributed by atoms with Crippen LogP contribution in [0.5, 0.6) is 0 Å². The monoisotopic (exact) mass is 471 g/mol. The van der Waals surface area contributed by atoms with Crippen molar-refractivity contribution in [2.24, 2.45) is 0 Å². The van der Waals surface area contributed by atoms with E-state index in [0.717, 1.165) is 48.5 Å². The number of nitrogens with zero attached hydrogens (tertiary/aromatic N) is 4. The second-order valence-corrected chi connectivity index (χ2v) is 7.96. The summed E-state index contributed by atoms with van der Waals surface area (Å²) in [6.07, 6.45) is 7.55. The Morgan fingerprint density at radius 1 is 1.10 bits per heavy atom. The summed E-state index contributed by atoms with van der Waals surface area (Å²) in [6.45, 7) is 0.887. The summed E-state index contributed by atoms with van der Waals surface area (Å²) in [7, 11) is 0. The van der Waals surface area contributed by atoms with Crippen molar-refractivity contribution in [3.63, 3.8) is 0 Å². The molecule has 29 heavy (non-hydrogen) atoms. The van der Waals surface area contributed by atoms with Gasteiger partial charge in [0.1, 0.15) is 33.0 Å². The zero-order chi connectivity index (χ0) is 18.6. The number of aldehydes is 1. The van der Waals surface area contributed by atoms with Crippen molar-refractivity contribution in [3.8, 4) is 10.7 Å². The Morgan fingerprint density at radius 3 is 2.66 bits per heavy atom. The van der Waals surface area contributed by atoms with Crippen LogP contribution in [0.1, 0.15) is 19.3 Å². The summed E-state index contributed by atoms with van der Waals surface area (Å²) in [5.74, 6) is 1.38. The third kappa shape index (κ3) is 5.57. The fraction of sp³-hybridized carbons (Fsp3) is 0.263. The Balaban J connectivity index is 0.00000150. The van der Waals surface area contributed by atoms with Gasteiger partial charge in [0.2, 0.25) is 0 Å². The Morgan fingerprint density at radius 2 is 1.97 bits per heavy atom. The van der Waals surface area contributed by atoms with E-state index in [9.17, 15) is 4.79 Å². The van der Waals surface area contributed by atoms with E-state index in [2.05, 4.69) is 25.2 Å². The maximum Gasteiger partial charge on any atom is 0.143 e. The summed E-state index contributed by atoms with van der Waals surface area (Å²) in [6, 6.07) is 9.52. The van der Waals surface area contributed by atoms with Gasteiger partial charge in [-0.3, -0.25) is 0 Å². The van der Waals surface area contributed by atoms with Gasteiger partial charge in [-0.2, -0.15) is 0 Å². The molecule has 6 nitrogen and oxygen atoms in total. The number of carbonyl (C=O) groups is 1. The molecule has 4 heterocycles. The number of rotatable bonds is 5. The second kappa shape index (κ2) is 10.7. The Labute approximate surface area is 190 Å². The van der Waals surface area contributed by atoms with Crippen molar-refractivity contribution in [1.29, 1.82) is 0 Å². The molecule has 1 atom stereocenters. The maximum absolute atomic E-state index is 11.3. The van der Waals surface area contributed by atoms with Crippen LogP contribution in [-0.2, 0) is 4.79 Å². The van der Waals surface area contributed by atoms with Crippen molar-refractivity contribution in [3.05, 3.63) is 47.1 Å². The van der Waals surface area contributed by atoms with E-state index in [4.69, 9.17) is 11.6 Å². The fourth-order valence-electron chi connectivity index (χ4n) is 3.18. The second-order valence-electron chi connectivity index (χ2n) is 6.30. The van der Waals surface area contributed by atoms with Gasteiger partial charge in [0.05, 0.1) is 24.1 Å². The zero-order valence-corrected chi connectivity index (χ0v) is 18.5. The van der Waals surface area contributed by atoms with Crippen LogP contribution in [-0.4, -0.2) is 33.8 Å². The van der Waals surface area contributed by atoms with Gasteiger partial charge in [0.25, 0.3) is 0 Å². The molecule has 10 heteroatoms. The van der Waals surface area contributed by atoms with Crippen LogP contribution in [0.25, 0.3) is 10.7 Å². The molecule has 1 aliphatic heterocycles. The molecule has 0 saturated carbocycles. The molecule has 0 radical (unpaired) electrons. The van der Waals surface area contributed by atoms with Crippen LogP contribution in [0.4, 0.5) is 17.3 Å². The van der Waals surface area contributed by atoms with Gasteiger partial charge < -0.3 is 15.0 Å². The van der Waals surface area contributed by atoms with Crippen LogP contribution in [0.3, 0.4) is 0 Å². The van der Waals surface area contributed by atoms with Gasteiger partial charge in [0.15, 0.2) is 0 Å². The van der Waals surface area contributed by atoms with Crippen molar-refractivity contribution >= 4 is 71.4 Å². The van der Waals surface area contributed by atoms with E-state index in [1.807, 2.05) is 30.3 Å². The number of anilines is 3. The summed E-state index contributed by atoms with van der Waals surface area (Å²) in [4.78, 5) is 26.7. The number of hydrogen-bond donors (Lipinski definition) is 1. The molecular weight excluding hydrogens is 453 g/mol. The summed E-state index contributed by atoms with van der Waals surface area (Å²) in [5.41, 5.74) is 1.73. The van der Waals surface area contributed by atoms with E-state index in [1.54, 1.807) is 12.4 Å². The van der Waals surface area contributed by atoms with E-state index in [1.165, 1.54) is 11.3 Å². The Bertz CT molecular complexity index is 938. The predicted molar refractivity (Wildman–Crippen MR) is 123 cm³/mol. The molecule has 0 amide bonds. The topological polar surface area (TPSA) is 71.0 Å². The fourth-order valence-corrected chi connectivity index (χ4v) is 4.06. The average molecular weight is 473 g/mol. The van der Waals surface area contributed by atoms with Gasteiger partial charge >= 0.3 is 0 Å². The van der Waals surface area contributed by atoms with Gasteiger partial charge in [-0.1, -0.05) is 17.7 Å². The molecule has 3 aromatic heterocycles. The first kappa shape index (κ1) is 23.3. The van der Waals surface area contributed by atoms with E-state index >= 15 is 0 Å². The highest BCUT2D eigenvalue weighted by atomic mass is 35.5. The number of nitrogens with one attached hydrogen (secondary N) is 1. The standard InChI is InChI=1S/C19H18ClN5OS.2ClH/c20-16-11-22-19(27-16)15-5-3-6-18(23-15)24-17-8-7-13(10-21-17)25-9-2-1-4-14(25)12-26;;/h3,5-8,10-12,14H,1-2,4,9H2,(H,21,23,24);2*1H. The highest BCUT2D eigenvalue weighted by Gasteiger charge is 2.22. The quantitative estimate of drug-likeness (QED) is 0.501. The zero-order valence-electron chi connectivity index (χ0n) is 15.3. The minimum absolute atomic E-state index is 0. The summed E-state index contributed by atoms with van der Waals surface area (Å²) < 4.78 is 0.633. The molecule has 1 unspecified atom stereocenters. The van der Waals surface area contributed by atoms with Crippen LogP contribution >= 0.6 is 47.8 Å². The predicted octanol–water partition coefficient (Wildman–Crippen LogP) is 5.40. The highest BCUT2D eigenvalue weighted by Crippen LogP contribution is 2.28. The van der Waals surface area contributed by atoms with Gasteiger partial charge in [-0.15, -0.1) is 36.2 Å². The lowest BCUT2D eigenvalue weighted by atomic mass is 10.0.